The Labute approximate surface area is 156 Å². The highest BCUT2D eigenvalue weighted by molar-refractivity contribution is 6.32. The van der Waals surface area contributed by atoms with Crippen molar-refractivity contribution in [2.24, 2.45) is 0 Å². The monoisotopic (exact) mass is 370 g/mol. The van der Waals surface area contributed by atoms with Crippen LogP contribution in [0.15, 0.2) is 42.5 Å². The normalized spacial score (nSPS) is 18.7. The van der Waals surface area contributed by atoms with Gasteiger partial charge < -0.3 is 15.0 Å². The molecular weight excluding hydrogens is 352 g/mol. The molecule has 0 aromatic heterocycles. The van der Waals surface area contributed by atoms with Crippen molar-refractivity contribution >= 4 is 29.1 Å². The van der Waals surface area contributed by atoms with E-state index in [1.807, 2.05) is 13.0 Å². The first-order valence-electron chi connectivity index (χ1n) is 8.71. The lowest BCUT2D eigenvalue weighted by Gasteiger charge is -2.34. The number of ether oxygens (including phenoxy) is 1. The standard InChI is InChI=1S/C20H19ClN2O3/c1-12-11-23(17-7-3-6-16(21)18(17)26-12)20(25)14-5-2-4-13(10-14)19(24)22-15-8-9-15/h2-7,10,12,15H,8-9,11H2,1H3,(H,22,24). The molecule has 1 saturated carbocycles. The third kappa shape index (κ3) is 3.27. The molecule has 0 bridgehead atoms. The zero-order valence-corrected chi connectivity index (χ0v) is 15.1. The summed E-state index contributed by atoms with van der Waals surface area (Å²) < 4.78 is 5.80. The van der Waals surface area contributed by atoms with E-state index in [9.17, 15) is 9.59 Å². The third-order valence-corrected chi connectivity index (χ3v) is 4.82. The van der Waals surface area contributed by atoms with Gasteiger partial charge in [-0.1, -0.05) is 23.7 Å². The van der Waals surface area contributed by atoms with Gasteiger partial charge in [-0.05, 0) is 50.1 Å². The largest absolute Gasteiger partial charge is 0.485 e. The highest BCUT2D eigenvalue weighted by Gasteiger charge is 2.30. The van der Waals surface area contributed by atoms with Crippen molar-refractivity contribution in [3.05, 3.63) is 58.6 Å². The van der Waals surface area contributed by atoms with Gasteiger partial charge in [0.1, 0.15) is 6.10 Å². The molecule has 1 aliphatic carbocycles. The van der Waals surface area contributed by atoms with Crippen LogP contribution in [0.25, 0.3) is 0 Å². The number of benzene rings is 2. The molecule has 0 radical (unpaired) electrons. The fraction of sp³-hybridized carbons (Fsp3) is 0.300. The first-order chi connectivity index (χ1) is 12.5. The minimum Gasteiger partial charge on any atom is -0.485 e. The molecule has 4 rings (SSSR count). The van der Waals surface area contributed by atoms with E-state index in [1.165, 1.54) is 0 Å². The molecule has 1 unspecified atom stereocenters. The molecule has 2 aliphatic rings. The highest BCUT2D eigenvalue weighted by Crippen LogP contribution is 2.39. The fourth-order valence-electron chi connectivity index (χ4n) is 3.06. The molecule has 1 N–H and O–H groups in total. The number of amides is 2. The minimum atomic E-state index is -0.176. The van der Waals surface area contributed by atoms with E-state index in [4.69, 9.17) is 16.3 Å². The average Bonchev–Trinajstić information content (AvgIpc) is 3.45. The van der Waals surface area contributed by atoms with Gasteiger partial charge in [0, 0.05) is 17.2 Å². The van der Waals surface area contributed by atoms with Gasteiger partial charge in [-0.2, -0.15) is 0 Å². The maximum atomic E-state index is 13.1. The van der Waals surface area contributed by atoms with Crippen LogP contribution >= 0.6 is 11.6 Å². The Bertz CT molecular complexity index is 879. The third-order valence-electron chi connectivity index (χ3n) is 4.53. The Hall–Kier alpha value is -2.53. The van der Waals surface area contributed by atoms with Crippen molar-refractivity contribution < 1.29 is 14.3 Å². The SMILES string of the molecule is CC1CN(C(=O)c2cccc(C(=O)NC3CC3)c2)c2cccc(Cl)c2O1. The van der Waals surface area contributed by atoms with Gasteiger partial charge in [0.15, 0.2) is 5.75 Å². The van der Waals surface area contributed by atoms with Crippen molar-refractivity contribution in [2.45, 2.75) is 31.9 Å². The van der Waals surface area contributed by atoms with Crippen molar-refractivity contribution in [3.8, 4) is 5.75 Å². The van der Waals surface area contributed by atoms with Crippen molar-refractivity contribution in [3.63, 3.8) is 0 Å². The second-order valence-corrected chi connectivity index (χ2v) is 7.17. The van der Waals surface area contributed by atoms with Gasteiger partial charge in [0.25, 0.3) is 11.8 Å². The van der Waals surface area contributed by atoms with Crippen molar-refractivity contribution in [2.75, 3.05) is 11.4 Å². The van der Waals surface area contributed by atoms with Crippen LogP contribution in [0.1, 0.15) is 40.5 Å². The maximum Gasteiger partial charge on any atom is 0.258 e. The zero-order valence-electron chi connectivity index (χ0n) is 14.4. The molecule has 1 atom stereocenters. The molecule has 1 aliphatic heterocycles. The number of para-hydroxylation sites is 1. The van der Waals surface area contributed by atoms with Crippen LogP contribution in [0.3, 0.4) is 0 Å². The number of anilines is 1. The number of nitrogens with one attached hydrogen (secondary N) is 1. The predicted octanol–water partition coefficient (Wildman–Crippen LogP) is 3.66. The number of fused-ring (bicyclic) bond motifs is 1. The molecule has 6 heteroatoms. The summed E-state index contributed by atoms with van der Waals surface area (Å²) in [5, 5.41) is 3.42. The number of carbonyl (C=O) groups is 2. The lowest BCUT2D eigenvalue weighted by Crippen LogP contribution is -2.42. The molecule has 1 heterocycles. The summed E-state index contributed by atoms with van der Waals surface area (Å²) in [4.78, 5) is 27.1. The Balaban J connectivity index is 1.64. The van der Waals surface area contributed by atoms with E-state index in [1.54, 1.807) is 41.3 Å². The van der Waals surface area contributed by atoms with Gasteiger partial charge in [-0.25, -0.2) is 0 Å². The lowest BCUT2D eigenvalue weighted by atomic mass is 10.1. The first-order valence-corrected chi connectivity index (χ1v) is 9.08. The van der Waals surface area contributed by atoms with E-state index in [0.717, 1.165) is 12.8 Å². The summed E-state index contributed by atoms with van der Waals surface area (Å²) in [5.74, 6) is 0.203. The van der Waals surface area contributed by atoms with Gasteiger partial charge in [0.2, 0.25) is 0 Å². The minimum absolute atomic E-state index is 0.138. The highest BCUT2D eigenvalue weighted by atomic mass is 35.5. The van der Waals surface area contributed by atoms with E-state index in [-0.39, 0.29) is 24.0 Å². The molecule has 2 aromatic rings. The number of nitrogens with zero attached hydrogens (tertiary/aromatic N) is 1. The van der Waals surface area contributed by atoms with Crippen LogP contribution in [-0.4, -0.2) is 30.5 Å². The van der Waals surface area contributed by atoms with Crippen LogP contribution in [0, 0.1) is 0 Å². The average molecular weight is 371 g/mol. The molecule has 5 nitrogen and oxygen atoms in total. The first kappa shape index (κ1) is 16.9. The summed E-state index contributed by atoms with van der Waals surface area (Å²) in [6, 6.07) is 12.4. The van der Waals surface area contributed by atoms with Crippen LogP contribution in [0.5, 0.6) is 5.75 Å². The fourth-order valence-corrected chi connectivity index (χ4v) is 3.27. The summed E-state index contributed by atoms with van der Waals surface area (Å²) >= 11 is 6.23. The van der Waals surface area contributed by atoms with Gasteiger partial charge >= 0.3 is 0 Å². The number of rotatable bonds is 3. The van der Waals surface area contributed by atoms with Crippen LogP contribution in [0.4, 0.5) is 5.69 Å². The molecule has 0 spiro atoms. The topological polar surface area (TPSA) is 58.6 Å². The number of hydrogen-bond acceptors (Lipinski definition) is 3. The predicted molar refractivity (Wildman–Crippen MR) is 100 cm³/mol. The van der Waals surface area contributed by atoms with Gasteiger partial charge in [-0.15, -0.1) is 0 Å². The Morgan fingerprint density at radius 3 is 2.65 bits per heavy atom. The molecule has 2 amide bonds. The van der Waals surface area contributed by atoms with Crippen LogP contribution < -0.4 is 15.0 Å². The number of carbonyl (C=O) groups excluding carboxylic acids is 2. The molecule has 134 valence electrons. The second kappa shape index (κ2) is 6.65. The van der Waals surface area contributed by atoms with Gasteiger partial charge in [-0.3, -0.25) is 9.59 Å². The smallest absolute Gasteiger partial charge is 0.258 e. The Morgan fingerprint density at radius 1 is 1.15 bits per heavy atom. The summed E-state index contributed by atoms with van der Waals surface area (Å²) in [6.45, 7) is 2.32. The molecule has 26 heavy (non-hydrogen) atoms. The van der Waals surface area contributed by atoms with Crippen LogP contribution in [0.2, 0.25) is 5.02 Å². The van der Waals surface area contributed by atoms with Crippen molar-refractivity contribution in [1.82, 2.24) is 5.32 Å². The van der Waals surface area contributed by atoms with Crippen LogP contribution in [-0.2, 0) is 0 Å². The molecule has 2 aromatic carbocycles. The Kier molecular flexibility index (Phi) is 4.32. The molecule has 1 fully saturated rings. The summed E-state index contributed by atoms with van der Waals surface area (Å²) in [5.41, 5.74) is 1.61. The quantitative estimate of drug-likeness (QED) is 0.897. The second-order valence-electron chi connectivity index (χ2n) is 6.76. The van der Waals surface area contributed by atoms with E-state index in [2.05, 4.69) is 5.32 Å². The van der Waals surface area contributed by atoms with E-state index in [0.29, 0.717) is 34.1 Å². The molecular formula is C20H19ClN2O3. The Morgan fingerprint density at radius 2 is 1.88 bits per heavy atom. The lowest BCUT2D eigenvalue weighted by molar-refractivity contribution is 0.0951. The maximum absolute atomic E-state index is 13.1. The number of halogens is 1. The summed E-state index contributed by atoms with van der Waals surface area (Å²) in [6.07, 6.45) is 1.87. The van der Waals surface area contributed by atoms with Gasteiger partial charge in [0.05, 0.1) is 17.3 Å². The number of hydrogen-bond donors (Lipinski definition) is 1. The molecule has 0 saturated heterocycles. The van der Waals surface area contributed by atoms with E-state index < -0.39 is 0 Å². The van der Waals surface area contributed by atoms with Crippen molar-refractivity contribution in [1.29, 1.82) is 0 Å². The zero-order chi connectivity index (χ0) is 18.3. The summed E-state index contributed by atoms with van der Waals surface area (Å²) in [7, 11) is 0. The van der Waals surface area contributed by atoms with E-state index >= 15 is 0 Å².